The predicted molar refractivity (Wildman–Crippen MR) is 59.4 cm³/mol. The third-order valence-electron chi connectivity index (χ3n) is 2.89. The second kappa shape index (κ2) is 5.28. The molecule has 0 aromatic rings. The Bertz CT molecular complexity index is 237. The highest BCUT2D eigenvalue weighted by molar-refractivity contribution is 5.81. The molecule has 1 rings (SSSR count). The minimum Gasteiger partial charge on any atom is -0.396 e. The Morgan fingerprint density at radius 1 is 1.67 bits per heavy atom. The van der Waals surface area contributed by atoms with Crippen molar-refractivity contribution in [3.05, 3.63) is 12.7 Å². The summed E-state index contributed by atoms with van der Waals surface area (Å²) in [5, 5.41) is 15.0. The third-order valence-corrected chi connectivity index (χ3v) is 2.89. The molecule has 0 bridgehead atoms. The van der Waals surface area contributed by atoms with Crippen molar-refractivity contribution in [3.63, 3.8) is 0 Å². The highest BCUT2D eigenvalue weighted by atomic mass is 16.3. The van der Waals surface area contributed by atoms with Crippen LogP contribution in [0.4, 0.5) is 0 Å². The molecule has 0 radical (unpaired) electrons. The van der Waals surface area contributed by atoms with Gasteiger partial charge in [-0.05, 0) is 19.8 Å². The first kappa shape index (κ1) is 12.2. The first-order chi connectivity index (χ1) is 7.13. The van der Waals surface area contributed by atoms with E-state index in [0.717, 1.165) is 12.8 Å². The van der Waals surface area contributed by atoms with E-state index in [0.29, 0.717) is 13.1 Å². The molecule has 1 atom stereocenters. The lowest BCUT2D eigenvalue weighted by molar-refractivity contribution is -0.122. The van der Waals surface area contributed by atoms with E-state index in [9.17, 15) is 4.79 Å². The fourth-order valence-electron chi connectivity index (χ4n) is 1.36. The molecule has 3 N–H and O–H groups in total. The summed E-state index contributed by atoms with van der Waals surface area (Å²) < 4.78 is 0. The van der Waals surface area contributed by atoms with Gasteiger partial charge in [0.15, 0.2) is 0 Å². The second-order valence-corrected chi connectivity index (χ2v) is 4.29. The van der Waals surface area contributed by atoms with Crippen molar-refractivity contribution in [1.82, 2.24) is 10.6 Å². The van der Waals surface area contributed by atoms with Crippen molar-refractivity contribution in [2.75, 3.05) is 19.7 Å². The van der Waals surface area contributed by atoms with Crippen LogP contribution in [0.15, 0.2) is 12.7 Å². The van der Waals surface area contributed by atoms with Gasteiger partial charge < -0.3 is 15.7 Å². The number of amides is 1. The minimum absolute atomic E-state index is 0.0244. The van der Waals surface area contributed by atoms with Gasteiger partial charge in [0.05, 0.1) is 6.04 Å². The molecular formula is C11H20N2O2. The molecule has 0 aliphatic heterocycles. The molecule has 15 heavy (non-hydrogen) atoms. The fourth-order valence-corrected chi connectivity index (χ4v) is 1.36. The molecule has 1 unspecified atom stereocenters. The lowest BCUT2D eigenvalue weighted by Gasteiger charge is -2.17. The fraction of sp³-hybridized carbons (Fsp3) is 0.727. The van der Waals surface area contributed by atoms with Crippen LogP contribution in [0, 0.1) is 5.41 Å². The maximum Gasteiger partial charge on any atom is 0.237 e. The topological polar surface area (TPSA) is 61.4 Å². The molecule has 0 aromatic heterocycles. The van der Waals surface area contributed by atoms with E-state index < -0.39 is 0 Å². The number of rotatable bonds is 7. The van der Waals surface area contributed by atoms with Gasteiger partial charge in [0.25, 0.3) is 0 Å². The Balaban J connectivity index is 2.20. The first-order valence-corrected chi connectivity index (χ1v) is 5.36. The maximum atomic E-state index is 11.4. The quantitative estimate of drug-likeness (QED) is 0.522. The molecule has 0 heterocycles. The lowest BCUT2D eigenvalue weighted by Crippen LogP contribution is -2.44. The Morgan fingerprint density at radius 2 is 2.33 bits per heavy atom. The van der Waals surface area contributed by atoms with Gasteiger partial charge in [-0.2, -0.15) is 0 Å². The number of hydrogen-bond donors (Lipinski definition) is 3. The molecule has 86 valence electrons. The highest BCUT2D eigenvalue weighted by Crippen LogP contribution is 2.44. The molecule has 0 aromatic carbocycles. The normalized spacial score (nSPS) is 19.3. The van der Waals surface area contributed by atoms with Crippen molar-refractivity contribution in [2.24, 2.45) is 5.41 Å². The summed E-state index contributed by atoms with van der Waals surface area (Å²) in [5.41, 5.74) is 0.0486. The minimum atomic E-state index is -0.214. The van der Waals surface area contributed by atoms with Crippen LogP contribution in [-0.2, 0) is 4.79 Å². The van der Waals surface area contributed by atoms with E-state index in [1.165, 1.54) is 0 Å². The van der Waals surface area contributed by atoms with E-state index in [4.69, 9.17) is 5.11 Å². The summed E-state index contributed by atoms with van der Waals surface area (Å²) in [6.45, 7) is 6.78. The summed E-state index contributed by atoms with van der Waals surface area (Å²) in [6.07, 6.45) is 3.76. The van der Waals surface area contributed by atoms with Gasteiger partial charge in [-0.3, -0.25) is 4.79 Å². The lowest BCUT2D eigenvalue weighted by atomic mass is 10.1. The molecule has 1 aliphatic rings. The molecule has 4 heteroatoms. The van der Waals surface area contributed by atoms with Crippen molar-refractivity contribution in [2.45, 2.75) is 25.8 Å². The predicted octanol–water partition coefficient (Wildman–Crippen LogP) is 0.0392. The molecular weight excluding hydrogens is 192 g/mol. The van der Waals surface area contributed by atoms with Gasteiger partial charge in [0, 0.05) is 25.1 Å². The van der Waals surface area contributed by atoms with Crippen molar-refractivity contribution < 1.29 is 9.90 Å². The van der Waals surface area contributed by atoms with Crippen LogP contribution in [0.25, 0.3) is 0 Å². The van der Waals surface area contributed by atoms with Crippen LogP contribution in [0.5, 0.6) is 0 Å². The standard InChI is InChI=1S/C11H20N2O2/c1-3-6-12-10(15)9(2)13-7-11(8-14)4-5-11/h3,9,13-14H,1,4-8H2,2H3,(H,12,15). The summed E-state index contributed by atoms with van der Waals surface area (Å²) in [5.74, 6) is -0.0244. The monoisotopic (exact) mass is 212 g/mol. The third kappa shape index (κ3) is 3.64. The average molecular weight is 212 g/mol. The zero-order chi connectivity index (χ0) is 11.3. The molecule has 0 spiro atoms. The van der Waals surface area contributed by atoms with Gasteiger partial charge >= 0.3 is 0 Å². The SMILES string of the molecule is C=CCNC(=O)C(C)NCC1(CO)CC1. The Morgan fingerprint density at radius 3 is 2.80 bits per heavy atom. The number of carbonyl (C=O) groups is 1. The van der Waals surface area contributed by atoms with E-state index in [1.807, 2.05) is 6.92 Å². The largest absolute Gasteiger partial charge is 0.396 e. The smallest absolute Gasteiger partial charge is 0.237 e. The van der Waals surface area contributed by atoms with Crippen molar-refractivity contribution >= 4 is 5.91 Å². The molecule has 1 amide bonds. The number of carbonyl (C=O) groups excluding carboxylic acids is 1. The van der Waals surface area contributed by atoms with Crippen LogP contribution >= 0.6 is 0 Å². The summed E-state index contributed by atoms with van der Waals surface area (Å²) in [6, 6.07) is -0.214. The molecule has 1 aliphatic carbocycles. The van der Waals surface area contributed by atoms with Gasteiger partial charge in [-0.25, -0.2) is 0 Å². The number of aliphatic hydroxyl groups is 1. The molecule has 1 saturated carbocycles. The number of aliphatic hydroxyl groups excluding tert-OH is 1. The van der Waals surface area contributed by atoms with Crippen molar-refractivity contribution in [3.8, 4) is 0 Å². The van der Waals surface area contributed by atoms with Crippen molar-refractivity contribution in [1.29, 1.82) is 0 Å². The first-order valence-electron chi connectivity index (χ1n) is 5.36. The zero-order valence-corrected chi connectivity index (χ0v) is 9.25. The van der Waals surface area contributed by atoms with E-state index >= 15 is 0 Å². The van der Waals surface area contributed by atoms with Crippen LogP contribution in [-0.4, -0.2) is 36.8 Å². The Hall–Kier alpha value is -0.870. The van der Waals surface area contributed by atoms with Gasteiger partial charge in [0.1, 0.15) is 0 Å². The van der Waals surface area contributed by atoms with E-state index in [-0.39, 0.29) is 24.0 Å². The van der Waals surface area contributed by atoms with Crippen LogP contribution in [0.3, 0.4) is 0 Å². The summed E-state index contributed by atoms with van der Waals surface area (Å²) >= 11 is 0. The zero-order valence-electron chi connectivity index (χ0n) is 9.25. The number of nitrogens with one attached hydrogen (secondary N) is 2. The van der Waals surface area contributed by atoms with Crippen LogP contribution < -0.4 is 10.6 Å². The molecule has 0 saturated heterocycles. The average Bonchev–Trinajstić information content (AvgIpc) is 3.03. The Labute approximate surface area is 90.7 Å². The number of hydrogen-bond acceptors (Lipinski definition) is 3. The van der Waals surface area contributed by atoms with E-state index in [1.54, 1.807) is 6.08 Å². The van der Waals surface area contributed by atoms with Gasteiger partial charge in [0.2, 0.25) is 5.91 Å². The second-order valence-electron chi connectivity index (χ2n) is 4.29. The Kier molecular flexibility index (Phi) is 4.29. The summed E-state index contributed by atoms with van der Waals surface area (Å²) in [4.78, 5) is 11.4. The molecule has 1 fully saturated rings. The van der Waals surface area contributed by atoms with Crippen LogP contribution in [0.2, 0.25) is 0 Å². The van der Waals surface area contributed by atoms with Gasteiger partial charge in [-0.1, -0.05) is 6.08 Å². The highest BCUT2D eigenvalue weighted by Gasteiger charge is 2.41. The van der Waals surface area contributed by atoms with Crippen LogP contribution in [0.1, 0.15) is 19.8 Å². The van der Waals surface area contributed by atoms with Gasteiger partial charge in [-0.15, -0.1) is 6.58 Å². The summed E-state index contributed by atoms with van der Waals surface area (Å²) in [7, 11) is 0. The molecule has 4 nitrogen and oxygen atoms in total. The maximum absolute atomic E-state index is 11.4. The van der Waals surface area contributed by atoms with E-state index in [2.05, 4.69) is 17.2 Å².